The van der Waals surface area contributed by atoms with E-state index >= 15 is 8.78 Å². The molecule has 2 N–H and O–H groups in total. The van der Waals surface area contributed by atoms with Gasteiger partial charge in [0, 0.05) is 49.6 Å². The van der Waals surface area contributed by atoms with Crippen LogP contribution in [0.15, 0.2) is 29.2 Å². The van der Waals surface area contributed by atoms with E-state index in [1.165, 1.54) is 6.07 Å². The summed E-state index contributed by atoms with van der Waals surface area (Å²) in [6.07, 6.45) is 2.50. The van der Waals surface area contributed by atoms with E-state index in [0.29, 0.717) is 44.1 Å². The molecule has 1 atom stereocenters. The lowest BCUT2D eigenvalue weighted by Crippen LogP contribution is -2.50. The quantitative estimate of drug-likeness (QED) is 0.581. The zero-order valence-corrected chi connectivity index (χ0v) is 19.6. The summed E-state index contributed by atoms with van der Waals surface area (Å²) in [5.74, 6) is -2.68. The fourth-order valence-electron chi connectivity index (χ4n) is 4.65. The Hall–Kier alpha value is -3.14. The molecule has 6 nitrogen and oxygen atoms in total. The first-order chi connectivity index (χ1) is 16.7. The smallest absolute Gasteiger partial charge is 0.264 e. The molecule has 1 amide bonds. The second kappa shape index (κ2) is 10.2. The fourth-order valence-corrected chi connectivity index (χ4v) is 4.65. The minimum Gasteiger partial charge on any atom is -0.367 e. The Kier molecular flexibility index (Phi) is 7.30. The van der Waals surface area contributed by atoms with Gasteiger partial charge in [-0.1, -0.05) is 6.08 Å². The third-order valence-corrected chi connectivity index (χ3v) is 6.78. The highest BCUT2D eigenvalue weighted by Gasteiger charge is 2.30. The molecule has 35 heavy (non-hydrogen) atoms. The van der Waals surface area contributed by atoms with Crippen molar-refractivity contribution in [3.8, 4) is 0 Å². The van der Waals surface area contributed by atoms with E-state index in [2.05, 4.69) is 15.2 Å². The number of benzene rings is 1. The van der Waals surface area contributed by atoms with Gasteiger partial charge in [0.2, 0.25) is 5.56 Å². The molecule has 0 unspecified atom stereocenters. The third kappa shape index (κ3) is 5.12. The molecule has 1 saturated heterocycles. The molecule has 1 aromatic heterocycles. The van der Waals surface area contributed by atoms with E-state index in [1.807, 2.05) is 14.0 Å². The number of halogens is 4. The van der Waals surface area contributed by atoms with Gasteiger partial charge >= 0.3 is 0 Å². The first kappa shape index (κ1) is 25.0. The van der Waals surface area contributed by atoms with Gasteiger partial charge in [0.25, 0.3) is 12.3 Å². The van der Waals surface area contributed by atoms with Crippen molar-refractivity contribution in [1.82, 2.24) is 9.88 Å². The van der Waals surface area contributed by atoms with Crippen LogP contribution in [0.5, 0.6) is 0 Å². The van der Waals surface area contributed by atoms with Crippen LogP contribution >= 0.6 is 0 Å². The number of carbonyl (C=O) groups is 1. The van der Waals surface area contributed by atoms with Crippen LogP contribution in [-0.4, -0.2) is 48.5 Å². The van der Waals surface area contributed by atoms with E-state index in [-0.39, 0.29) is 23.0 Å². The Balaban J connectivity index is 1.81. The number of nitrogens with one attached hydrogen (secondary N) is 2. The molecular formula is C25H28F4N4O2. The van der Waals surface area contributed by atoms with Crippen molar-refractivity contribution in [2.24, 2.45) is 0 Å². The molecule has 188 valence electrons. The molecule has 1 aromatic carbocycles. The number of rotatable bonds is 5. The van der Waals surface area contributed by atoms with Crippen molar-refractivity contribution < 1.29 is 22.4 Å². The number of carbonyl (C=O) groups excluding carboxylic acids is 1. The topological polar surface area (TPSA) is 68.4 Å². The van der Waals surface area contributed by atoms with Crippen molar-refractivity contribution in [2.75, 3.05) is 36.9 Å². The lowest BCUT2D eigenvalue weighted by atomic mass is 9.92. The number of alkyl halides is 2. The van der Waals surface area contributed by atoms with Crippen LogP contribution in [0.3, 0.4) is 0 Å². The molecule has 2 aromatic rings. The van der Waals surface area contributed by atoms with Gasteiger partial charge in [0.15, 0.2) is 5.82 Å². The van der Waals surface area contributed by atoms with Gasteiger partial charge in [-0.25, -0.2) is 17.6 Å². The normalized spacial score (nSPS) is 19.1. The van der Waals surface area contributed by atoms with Crippen LogP contribution in [0.4, 0.5) is 28.9 Å². The Labute approximate surface area is 200 Å². The van der Waals surface area contributed by atoms with E-state index in [1.54, 1.807) is 11.0 Å². The van der Waals surface area contributed by atoms with Crippen molar-refractivity contribution in [3.05, 3.63) is 63.1 Å². The number of piperazine rings is 1. The zero-order chi connectivity index (χ0) is 25.3. The molecule has 1 aliphatic carbocycles. The number of hydrogen-bond donors (Lipinski definition) is 2. The maximum Gasteiger partial charge on any atom is 0.264 e. The molecule has 2 heterocycles. The number of anilines is 2. The number of pyridine rings is 1. The molecule has 4 rings (SSSR count). The van der Waals surface area contributed by atoms with Crippen LogP contribution in [-0.2, 0) is 0 Å². The van der Waals surface area contributed by atoms with Crippen molar-refractivity contribution in [1.29, 1.82) is 0 Å². The molecule has 1 fully saturated rings. The van der Waals surface area contributed by atoms with Crippen LogP contribution < -0.4 is 15.8 Å². The van der Waals surface area contributed by atoms with Crippen molar-refractivity contribution in [3.63, 3.8) is 0 Å². The maximum absolute atomic E-state index is 16.0. The highest BCUT2D eigenvalue weighted by atomic mass is 19.3. The lowest BCUT2D eigenvalue weighted by molar-refractivity contribution is 0.101. The predicted octanol–water partition coefficient (Wildman–Crippen LogP) is 4.94. The molecule has 0 bridgehead atoms. The number of aromatic amines is 1. The van der Waals surface area contributed by atoms with Crippen LogP contribution in [0.25, 0.3) is 5.57 Å². The Morgan fingerprint density at radius 2 is 1.97 bits per heavy atom. The van der Waals surface area contributed by atoms with Gasteiger partial charge in [0.1, 0.15) is 11.5 Å². The fraction of sp³-hybridized carbons (Fsp3) is 0.440. The van der Waals surface area contributed by atoms with Gasteiger partial charge in [0.05, 0.1) is 16.8 Å². The summed E-state index contributed by atoms with van der Waals surface area (Å²) >= 11 is 0. The minimum atomic E-state index is -3.09. The maximum atomic E-state index is 16.0. The van der Waals surface area contributed by atoms with Gasteiger partial charge in [-0.2, -0.15) is 0 Å². The molecular weight excluding hydrogens is 464 g/mol. The van der Waals surface area contributed by atoms with Crippen LogP contribution in [0.2, 0.25) is 0 Å². The summed E-state index contributed by atoms with van der Waals surface area (Å²) < 4.78 is 58.3. The molecule has 1 aliphatic heterocycles. The standard InChI is InChI=1S/C25H28F4N4O2/c1-14-13-33(9-8-32(14)2)19-11-18(26)21(15-6-4-3-5-7-15)22(27)23(19)31-25(35)17-12-30-20(34)10-16(17)24(28)29/h6,10-12,14,24H,3-5,7-9,13H2,1-2H3,(H,30,34)(H,31,35)/t14-/m0/s1. The molecule has 10 heteroatoms. The number of H-pyrrole nitrogens is 1. The largest absolute Gasteiger partial charge is 0.367 e. The number of nitrogens with zero attached hydrogens (tertiary/aromatic N) is 2. The van der Waals surface area contributed by atoms with Gasteiger partial charge in [-0.15, -0.1) is 0 Å². The second-order valence-electron chi connectivity index (χ2n) is 9.11. The molecule has 0 radical (unpaired) electrons. The number of allylic oxidation sites excluding steroid dienone is 2. The van der Waals surface area contributed by atoms with E-state index in [9.17, 15) is 18.4 Å². The third-order valence-electron chi connectivity index (χ3n) is 6.78. The predicted molar refractivity (Wildman–Crippen MR) is 127 cm³/mol. The summed E-state index contributed by atoms with van der Waals surface area (Å²) in [4.78, 5) is 30.7. The minimum absolute atomic E-state index is 0.0868. The Morgan fingerprint density at radius 1 is 1.20 bits per heavy atom. The average molecular weight is 493 g/mol. The summed E-state index contributed by atoms with van der Waals surface area (Å²) in [5.41, 5.74) is -1.84. The van der Waals surface area contributed by atoms with Crippen LogP contribution in [0, 0.1) is 11.6 Å². The summed E-state index contributed by atoms with van der Waals surface area (Å²) in [7, 11) is 1.95. The zero-order valence-electron chi connectivity index (χ0n) is 19.6. The Morgan fingerprint density at radius 3 is 2.63 bits per heavy atom. The molecule has 2 aliphatic rings. The number of amides is 1. The number of aromatic nitrogens is 1. The average Bonchev–Trinajstić information content (AvgIpc) is 2.83. The number of hydrogen-bond acceptors (Lipinski definition) is 4. The van der Waals surface area contributed by atoms with Crippen molar-refractivity contribution in [2.45, 2.75) is 45.1 Å². The van der Waals surface area contributed by atoms with E-state index in [0.717, 1.165) is 19.0 Å². The van der Waals surface area contributed by atoms with E-state index < -0.39 is 40.7 Å². The SMILES string of the molecule is C[C@H]1CN(c2cc(F)c(C3=CCCCC3)c(F)c2NC(=O)c2c[nH]c(=O)cc2C(F)F)CCN1C. The first-order valence-electron chi connectivity index (χ1n) is 11.7. The summed E-state index contributed by atoms with van der Waals surface area (Å²) in [6.45, 7) is 3.54. The van der Waals surface area contributed by atoms with Gasteiger partial charge in [-0.3, -0.25) is 9.59 Å². The molecule has 0 saturated carbocycles. The van der Waals surface area contributed by atoms with Gasteiger partial charge in [-0.05, 0) is 45.2 Å². The first-order valence-corrected chi connectivity index (χ1v) is 11.7. The Bertz CT molecular complexity index is 1210. The second-order valence-corrected chi connectivity index (χ2v) is 9.11. The van der Waals surface area contributed by atoms with Crippen LogP contribution in [0.1, 0.15) is 60.5 Å². The van der Waals surface area contributed by atoms with E-state index in [4.69, 9.17) is 0 Å². The van der Waals surface area contributed by atoms with Gasteiger partial charge < -0.3 is 20.1 Å². The monoisotopic (exact) mass is 492 g/mol. The summed E-state index contributed by atoms with van der Waals surface area (Å²) in [6, 6.07) is 1.94. The van der Waals surface area contributed by atoms with Crippen molar-refractivity contribution >= 4 is 22.9 Å². The lowest BCUT2D eigenvalue weighted by Gasteiger charge is -2.40. The highest BCUT2D eigenvalue weighted by molar-refractivity contribution is 6.07. The number of likely N-dealkylation sites (N-methyl/N-ethyl adjacent to an activating group) is 1. The molecule has 0 spiro atoms. The highest BCUT2D eigenvalue weighted by Crippen LogP contribution is 2.39. The summed E-state index contributed by atoms with van der Waals surface area (Å²) in [5, 5.41) is 2.42.